The molecule has 0 radical (unpaired) electrons. The first-order valence-corrected chi connectivity index (χ1v) is 13.5. The van der Waals surface area contributed by atoms with Gasteiger partial charge in [0.05, 0.1) is 36.3 Å². The molecule has 3 aromatic heterocycles. The van der Waals surface area contributed by atoms with Gasteiger partial charge in [-0.15, -0.1) is 0 Å². The maximum Gasteiger partial charge on any atom is 0.491 e. The Bertz CT molecular complexity index is 1840. The summed E-state index contributed by atoms with van der Waals surface area (Å²) in [6, 6.07) is 11.7. The minimum atomic E-state index is -5.25. The summed E-state index contributed by atoms with van der Waals surface area (Å²) in [5.41, 5.74) is 2.29. The van der Waals surface area contributed by atoms with Gasteiger partial charge in [0.2, 0.25) is 17.8 Å². The molecule has 0 fully saturated rings. The monoisotopic (exact) mass is 623 g/mol. The maximum absolute atomic E-state index is 13.2. The molecular weight excluding hydrogens is 595 g/mol. The van der Waals surface area contributed by atoms with Crippen LogP contribution in [0.2, 0.25) is 0 Å². The number of anilines is 2. The number of hydrogen-bond acceptors (Lipinski definition) is 12. The van der Waals surface area contributed by atoms with E-state index in [1.165, 1.54) is 26.4 Å². The molecule has 0 saturated carbocycles. The van der Waals surface area contributed by atoms with Crippen molar-refractivity contribution in [1.82, 2.24) is 29.8 Å². The number of rotatable bonds is 11. The van der Waals surface area contributed by atoms with E-state index in [1.807, 2.05) is 24.1 Å². The molecule has 5 rings (SSSR count). The number of ether oxygens (including phenoxy) is 4. The van der Waals surface area contributed by atoms with E-state index in [1.54, 1.807) is 37.5 Å². The number of nitrogens with one attached hydrogen (secondary N) is 1. The SMILES string of the molecule is COc1cc2nc(Nc3nc(OC(=O)C(F)(F)F)c4cc(OCCN(C)Cc5cccnc5)ccc4n3)nc(C)c2cc1OC. The molecule has 0 saturated heterocycles. The Balaban J connectivity index is 1.41. The highest BCUT2D eigenvalue weighted by Crippen LogP contribution is 2.34. The summed E-state index contributed by atoms with van der Waals surface area (Å²) in [4.78, 5) is 35.3. The Labute approximate surface area is 255 Å². The lowest BCUT2D eigenvalue weighted by Crippen LogP contribution is -2.28. The number of aromatic nitrogens is 5. The first kappa shape index (κ1) is 31.1. The summed E-state index contributed by atoms with van der Waals surface area (Å²) in [6.45, 7) is 3.22. The molecule has 0 unspecified atom stereocenters. The van der Waals surface area contributed by atoms with Gasteiger partial charge in [0.1, 0.15) is 12.4 Å². The van der Waals surface area contributed by atoms with Crippen molar-refractivity contribution >= 4 is 39.7 Å². The number of fused-ring (bicyclic) bond motifs is 2. The average Bonchev–Trinajstić information content (AvgIpc) is 3.00. The van der Waals surface area contributed by atoms with E-state index in [9.17, 15) is 18.0 Å². The van der Waals surface area contributed by atoms with Crippen LogP contribution in [0.25, 0.3) is 21.8 Å². The molecule has 12 nitrogen and oxygen atoms in total. The van der Waals surface area contributed by atoms with E-state index in [2.05, 4.69) is 35.0 Å². The van der Waals surface area contributed by atoms with Gasteiger partial charge in [-0.25, -0.2) is 19.7 Å². The largest absolute Gasteiger partial charge is 0.493 e. The van der Waals surface area contributed by atoms with Crippen molar-refractivity contribution in [2.24, 2.45) is 0 Å². The summed E-state index contributed by atoms with van der Waals surface area (Å²) in [7, 11) is 4.92. The van der Waals surface area contributed by atoms with E-state index in [-0.39, 0.29) is 29.4 Å². The Kier molecular flexibility index (Phi) is 9.08. The van der Waals surface area contributed by atoms with E-state index in [0.29, 0.717) is 46.9 Å². The second-order valence-electron chi connectivity index (χ2n) is 9.85. The zero-order valence-corrected chi connectivity index (χ0v) is 24.7. The third-order valence-corrected chi connectivity index (χ3v) is 6.59. The number of hydrogen-bond donors (Lipinski definition) is 1. The van der Waals surface area contributed by atoms with Gasteiger partial charge in [-0.2, -0.15) is 18.2 Å². The van der Waals surface area contributed by atoms with Crippen LogP contribution in [0.4, 0.5) is 25.1 Å². The Morgan fingerprint density at radius 1 is 0.933 bits per heavy atom. The number of esters is 1. The number of alkyl halides is 3. The number of likely N-dealkylation sites (N-methyl/N-ethyl adjacent to an activating group) is 1. The van der Waals surface area contributed by atoms with Crippen LogP contribution in [-0.4, -0.2) is 76.4 Å². The van der Waals surface area contributed by atoms with E-state index in [0.717, 1.165) is 5.56 Å². The van der Waals surface area contributed by atoms with Gasteiger partial charge in [0.25, 0.3) is 0 Å². The highest BCUT2D eigenvalue weighted by molar-refractivity contribution is 5.90. The van der Waals surface area contributed by atoms with Gasteiger partial charge < -0.3 is 18.9 Å². The van der Waals surface area contributed by atoms with E-state index >= 15 is 0 Å². The van der Waals surface area contributed by atoms with Crippen molar-refractivity contribution in [3.05, 3.63) is 66.1 Å². The molecular formula is C30H28F3N7O5. The molecule has 0 spiro atoms. The highest BCUT2D eigenvalue weighted by Gasteiger charge is 2.42. The molecule has 2 aromatic carbocycles. The number of halogens is 3. The molecule has 1 N–H and O–H groups in total. The molecule has 0 bridgehead atoms. The number of carbonyl (C=O) groups is 1. The number of pyridine rings is 1. The molecule has 15 heteroatoms. The first-order chi connectivity index (χ1) is 21.5. The van der Waals surface area contributed by atoms with Crippen molar-refractivity contribution in [2.45, 2.75) is 19.6 Å². The molecule has 45 heavy (non-hydrogen) atoms. The highest BCUT2D eigenvalue weighted by atomic mass is 19.4. The third-order valence-electron chi connectivity index (χ3n) is 6.59. The van der Waals surface area contributed by atoms with Crippen LogP contribution < -0.4 is 24.3 Å². The number of methoxy groups -OCH3 is 2. The van der Waals surface area contributed by atoms with Crippen molar-refractivity contribution in [3.63, 3.8) is 0 Å². The third kappa shape index (κ3) is 7.44. The Morgan fingerprint density at radius 3 is 2.38 bits per heavy atom. The second-order valence-corrected chi connectivity index (χ2v) is 9.85. The molecule has 5 aromatic rings. The summed E-state index contributed by atoms with van der Waals surface area (Å²) >= 11 is 0. The van der Waals surface area contributed by atoms with Crippen LogP contribution in [0, 0.1) is 6.92 Å². The number of carbonyl (C=O) groups excluding carboxylic acids is 1. The minimum absolute atomic E-state index is 0.0341. The lowest BCUT2D eigenvalue weighted by atomic mass is 10.1. The summed E-state index contributed by atoms with van der Waals surface area (Å²) in [5.74, 6) is -1.94. The van der Waals surface area contributed by atoms with Crippen LogP contribution in [0.3, 0.4) is 0 Å². The Morgan fingerprint density at radius 2 is 1.67 bits per heavy atom. The summed E-state index contributed by atoms with van der Waals surface area (Å²) in [5, 5.41) is 3.52. The first-order valence-electron chi connectivity index (χ1n) is 13.5. The molecule has 0 amide bonds. The topological polar surface area (TPSA) is 134 Å². The van der Waals surface area contributed by atoms with E-state index in [4.69, 9.17) is 14.2 Å². The molecule has 0 aliphatic carbocycles. The van der Waals surface area contributed by atoms with Crippen molar-refractivity contribution < 1.29 is 36.9 Å². The standard InChI is InChI=1S/C30H28F3N7O5/c1-17-20-13-24(42-3)25(43-4)14-23(20)37-28(35-17)39-29-36-22-8-7-19(12-21(22)26(38-29)45-27(41)30(31,32)33)44-11-10-40(2)16-18-6-5-9-34-15-18/h5-9,12-15H,10-11,16H2,1-4H3,(H,35,36,37,38,39). The molecule has 0 aliphatic heterocycles. The minimum Gasteiger partial charge on any atom is -0.493 e. The van der Waals surface area contributed by atoms with Crippen LogP contribution in [0.1, 0.15) is 11.3 Å². The number of aryl methyl sites for hydroxylation is 1. The average molecular weight is 624 g/mol. The molecule has 234 valence electrons. The summed E-state index contributed by atoms with van der Waals surface area (Å²) < 4.78 is 60.7. The van der Waals surface area contributed by atoms with Gasteiger partial charge in [0.15, 0.2) is 11.5 Å². The molecule has 3 heterocycles. The van der Waals surface area contributed by atoms with Gasteiger partial charge in [-0.05, 0) is 49.9 Å². The predicted octanol–water partition coefficient (Wildman–Crippen LogP) is 5.02. The van der Waals surface area contributed by atoms with Crippen LogP contribution >= 0.6 is 0 Å². The zero-order chi connectivity index (χ0) is 32.1. The van der Waals surface area contributed by atoms with Gasteiger partial charge in [0, 0.05) is 36.9 Å². The normalized spacial score (nSPS) is 11.6. The molecule has 0 atom stereocenters. The van der Waals surface area contributed by atoms with Gasteiger partial charge in [-0.3, -0.25) is 15.2 Å². The van der Waals surface area contributed by atoms with Gasteiger partial charge in [-0.1, -0.05) is 6.07 Å². The van der Waals surface area contributed by atoms with Crippen molar-refractivity contribution in [1.29, 1.82) is 0 Å². The van der Waals surface area contributed by atoms with Crippen LogP contribution in [0.5, 0.6) is 23.1 Å². The predicted molar refractivity (Wildman–Crippen MR) is 158 cm³/mol. The lowest BCUT2D eigenvalue weighted by Gasteiger charge is -2.17. The zero-order valence-electron chi connectivity index (χ0n) is 24.7. The van der Waals surface area contributed by atoms with Gasteiger partial charge >= 0.3 is 12.1 Å². The lowest BCUT2D eigenvalue weighted by molar-refractivity contribution is -0.189. The second kappa shape index (κ2) is 13.1. The van der Waals surface area contributed by atoms with Crippen molar-refractivity contribution in [3.8, 4) is 23.1 Å². The fourth-order valence-electron chi connectivity index (χ4n) is 4.41. The summed E-state index contributed by atoms with van der Waals surface area (Å²) in [6.07, 6.45) is -1.78. The fourth-order valence-corrected chi connectivity index (χ4v) is 4.41. The van der Waals surface area contributed by atoms with Crippen LogP contribution in [0.15, 0.2) is 54.9 Å². The molecule has 0 aliphatic rings. The fraction of sp³-hybridized carbons (Fsp3) is 0.267. The van der Waals surface area contributed by atoms with Crippen LogP contribution in [-0.2, 0) is 11.3 Å². The van der Waals surface area contributed by atoms with E-state index < -0.39 is 18.0 Å². The quantitative estimate of drug-likeness (QED) is 0.198. The maximum atomic E-state index is 13.2. The smallest absolute Gasteiger partial charge is 0.491 e. The number of nitrogens with zero attached hydrogens (tertiary/aromatic N) is 6. The number of benzene rings is 2. The Hall–Kier alpha value is -5.31. The van der Waals surface area contributed by atoms with Crippen molar-refractivity contribution in [2.75, 3.05) is 39.7 Å².